The molecule has 30 heavy (non-hydrogen) atoms. The second-order valence-corrected chi connectivity index (χ2v) is 7.00. The Labute approximate surface area is 174 Å². The van der Waals surface area contributed by atoms with Crippen LogP contribution in [0, 0.1) is 5.41 Å². The Morgan fingerprint density at radius 2 is 1.60 bits per heavy atom. The standard InChI is InChI=1S/C25H21N3O2/c1-17(26)24(19-11-7-4-8-12-19)27-28(2)21-14-13-20-15-22(18-9-5-3-6-10-18)25(29)30-23(20)16-21/h3-16,26H,1-2H3/b26-17?,27-24+. The lowest BCUT2D eigenvalue weighted by atomic mass is 10.1. The maximum Gasteiger partial charge on any atom is 0.344 e. The first-order valence-electron chi connectivity index (χ1n) is 9.59. The molecule has 1 heterocycles. The topological polar surface area (TPSA) is 69.7 Å². The maximum atomic E-state index is 12.5. The van der Waals surface area contributed by atoms with Crippen LogP contribution in [-0.4, -0.2) is 18.5 Å². The van der Waals surface area contributed by atoms with Crippen LogP contribution in [0.25, 0.3) is 22.1 Å². The number of nitrogens with one attached hydrogen (secondary N) is 1. The molecule has 1 N–H and O–H groups in total. The second-order valence-electron chi connectivity index (χ2n) is 7.00. The van der Waals surface area contributed by atoms with Gasteiger partial charge in [-0.25, -0.2) is 4.79 Å². The van der Waals surface area contributed by atoms with E-state index in [2.05, 4.69) is 5.10 Å². The van der Waals surface area contributed by atoms with E-state index in [-0.39, 0.29) is 5.63 Å². The van der Waals surface area contributed by atoms with Crippen LogP contribution in [0.2, 0.25) is 0 Å². The molecule has 0 fully saturated rings. The van der Waals surface area contributed by atoms with E-state index in [1.807, 2.05) is 85.9 Å². The average molecular weight is 395 g/mol. The molecule has 0 amide bonds. The van der Waals surface area contributed by atoms with Crippen molar-refractivity contribution in [2.75, 3.05) is 12.1 Å². The van der Waals surface area contributed by atoms with Gasteiger partial charge in [0, 0.05) is 24.1 Å². The molecule has 0 atom stereocenters. The molecule has 0 saturated heterocycles. The van der Waals surface area contributed by atoms with Crippen molar-refractivity contribution in [1.82, 2.24) is 0 Å². The van der Waals surface area contributed by atoms with Gasteiger partial charge in [0.2, 0.25) is 0 Å². The number of hydrazone groups is 1. The van der Waals surface area contributed by atoms with Crippen molar-refractivity contribution >= 4 is 28.1 Å². The Kier molecular flexibility index (Phi) is 5.26. The highest BCUT2D eigenvalue weighted by molar-refractivity contribution is 6.46. The number of fused-ring (bicyclic) bond motifs is 1. The minimum atomic E-state index is -0.377. The van der Waals surface area contributed by atoms with Gasteiger partial charge in [-0.15, -0.1) is 0 Å². The highest BCUT2D eigenvalue weighted by Gasteiger charge is 2.11. The predicted octanol–water partition coefficient (Wildman–Crippen LogP) is 5.34. The number of anilines is 1. The van der Waals surface area contributed by atoms with Crippen molar-refractivity contribution < 1.29 is 4.42 Å². The summed E-state index contributed by atoms with van der Waals surface area (Å²) < 4.78 is 5.60. The molecule has 0 aliphatic heterocycles. The van der Waals surface area contributed by atoms with E-state index in [1.165, 1.54) is 0 Å². The van der Waals surface area contributed by atoms with Crippen LogP contribution in [0.3, 0.4) is 0 Å². The van der Waals surface area contributed by atoms with Crippen molar-refractivity contribution in [2.24, 2.45) is 5.10 Å². The fraction of sp³-hybridized carbons (Fsp3) is 0.0800. The highest BCUT2D eigenvalue weighted by Crippen LogP contribution is 2.25. The van der Waals surface area contributed by atoms with Gasteiger partial charge in [-0.3, -0.25) is 5.01 Å². The lowest BCUT2D eigenvalue weighted by Gasteiger charge is -2.16. The fourth-order valence-electron chi connectivity index (χ4n) is 3.27. The van der Waals surface area contributed by atoms with Crippen molar-refractivity contribution in [3.63, 3.8) is 0 Å². The minimum absolute atomic E-state index is 0.368. The Morgan fingerprint density at radius 1 is 0.933 bits per heavy atom. The Morgan fingerprint density at radius 3 is 2.27 bits per heavy atom. The van der Waals surface area contributed by atoms with Crippen molar-refractivity contribution in [3.05, 3.63) is 101 Å². The van der Waals surface area contributed by atoms with Gasteiger partial charge in [-0.1, -0.05) is 60.7 Å². The number of benzene rings is 3. The SMILES string of the molecule is CC(=N)/C(=N\N(C)c1ccc2cc(-c3ccccc3)c(=O)oc2c1)c1ccccc1. The minimum Gasteiger partial charge on any atom is -0.422 e. The summed E-state index contributed by atoms with van der Waals surface area (Å²) in [6.45, 7) is 1.71. The average Bonchev–Trinajstić information content (AvgIpc) is 2.77. The molecule has 0 aliphatic carbocycles. The first-order chi connectivity index (χ1) is 14.5. The van der Waals surface area contributed by atoms with Crippen LogP contribution in [0.4, 0.5) is 5.69 Å². The molecule has 148 valence electrons. The van der Waals surface area contributed by atoms with Crippen LogP contribution >= 0.6 is 0 Å². The summed E-state index contributed by atoms with van der Waals surface area (Å²) >= 11 is 0. The van der Waals surface area contributed by atoms with E-state index in [0.717, 1.165) is 22.2 Å². The Hall–Kier alpha value is -3.99. The largest absolute Gasteiger partial charge is 0.422 e. The number of rotatable bonds is 5. The van der Waals surface area contributed by atoms with E-state index < -0.39 is 0 Å². The summed E-state index contributed by atoms with van der Waals surface area (Å²) in [7, 11) is 1.81. The van der Waals surface area contributed by atoms with Crippen LogP contribution in [0.15, 0.2) is 99.2 Å². The molecule has 0 bridgehead atoms. The lowest BCUT2D eigenvalue weighted by molar-refractivity contribution is 0.563. The maximum absolute atomic E-state index is 12.5. The second kappa shape index (κ2) is 8.17. The number of hydrogen-bond acceptors (Lipinski definition) is 5. The van der Waals surface area contributed by atoms with Gasteiger partial charge in [0.1, 0.15) is 11.3 Å². The first kappa shape index (κ1) is 19.3. The molecule has 0 spiro atoms. The molecule has 0 radical (unpaired) electrons. The quantitative estimate of drug-likeness (QED) is 0.282. The smallest absolute Gasteiger partial charge is 0.344 e. The summed E-state index contributed by atoms with van der Waals surface area (Å²) in [6.07, 6.45) is 0. The third-order valence-electron chi connectivity index (χ3n) is 4.83. The fourth-order valence-corrected chi connectivity index (χ4v) is 3.27. The van der Waals surface area contributed by atoms with Crippen LogP contribution in [0.5, 0.6) is 0 Å². The predicted molar refractivity (Wildman–Crippen MR) is 123 cm³/mol. The zero-order chi connectivity index (χ0) is 21.1. The van der Waals surface area contributed by atoms with Crippen molar-refractivity contribution in [1.29, 1.82) is 5.41 Å². The monoisotopic (exact) mass is 395 g/mol. The van der Waals surface area contributed by atoms with Crippen LogP contribution in [0.1, 0.15) is 12.5 Å². The molecule has 4 aromatic rings. The Balaban J connectivity index is 1.73. The summed E-state index contributed by atoms with van der Waals surface area (Å²) in [5.74, 6) is 0. The van der Waals surface area contributed by atoms with E-state index in [1.54, 1.807) is 18.0 Å². The van der Waals surface area contributed by atoms with Crippen LogP contribution in [-0.2, 0) is 0 Å². The number of hydrogen-bond donors (Lipinski definition) is 1. The molecule has 0 saturated carbocycles. The van der Waals surface area contributed by atoms with Gasteiger partial charge in [-0.2, -0.15) is 5.10 Å². The van der Waals surface area contributed by atoms with Gasteiger partial charge >= 0.3 is 5.63 Å². The third kappa shape index (κ3) is 3.91. The summed E-state index contributed by atoms with van der Waals surface area (Å²) in [6, 6.07) is 26.6. The number of nitrogens with zero attached hydrogens (tertiary/aromatic N) is 2. The first-order valence-corrected chi connectivity index (χ1v) is 9.59. The molecule has 3 aromatic carbocycles. The summed E-state index contributed by atoms with van der Waals surface area (Å²) in [5, 5.41) is 15.2. The molecule has 5 nitrogen and oxygen atoms in total. The third-order valence-corrected chi connectivity index (χ3v) is 4.83. The molecule has 0 aliphatic rings. The Bertz CT molecular complexity index is 1290. The molecule has 1 aromatic heterocycles. The molecular weight excluding hydrogens is 374 g/mol. The van der Waals surface area contributed by atoms with E-state index in [0.29, 0.717) is 22.6 Å². The van der Waals surface area contributed by atoms with E-state index in [9.17, 15) is 4.79 Å². The normalized spacial score (nSPS) is 11.5. The highest BCUT2D eigenvalue weighted by atomic mass is 16.4. The molecule has 0 unspecified atom stereocenters. The van der Waals surface area contributed by atoms with Gasteiger partial charge in [-0.05, 0) is 30.7 Å². The van der Waals surface area contributed by atoms with Gasteiger partial charge in [0.15, 0.2) is 0 Å². The lowest BCUT2D eigenvalue weighted by Crippen LogP contribution is -2.19. The van der Waals surface area contributed by atoms with Crippen molar-refractivity contribution in [2.45, 2.75) is 6.92 Å². The van der Waals surface area contributed by atoms with E-state index >= 15 is 0 Å². The molecule has 5 heteroatoms. The van der Waals surface area contributed by atoms with Gasteiger partial charge in [0.25, 0.3) is 0 Å². The zero-order valence-corrected chi connectivity index (χ0v) is 16.8. The van der Waals surface area contributed by atoms with Crippen LogP contribution < -0.4 is 10.6 Å². The van der Waals surface area contributed by atoms with E-state index in [4.69, 9.17) is 9.83 Å². The zero-order valence-electron chi connectivity index (χ0n) is 16.8. The van der Waals surface area contributed by atoms with Gasteiger partial charge < -0.3 is 9.83 Å². The van der Waals surface area contributed by atoms with Crippen molar-refractivity contribution in [3.8, 4) is 11.1 Å². The molecule has 4 rings (SSSR count). The summed E-state index contributed by atoms with van der Waals surface area (Å²) in [5.41, 5.74) is 4.06. The summed E-state index contributed by atoms with van der Waals surface area (Å²) in [4.78, 5) is 12.5. The molecular formula is C25H21N3O2. The van der Waals surface area contributed by atoms with Gasteiger partial charge in [0.05, 0.1) is 17.0 Å².